The molecule has 1 heterocycles. The standard InChI is InChI=1S/C21H30O3/c1-7-11-21(6)13-16(22)17(19(23)24-21)18(20(3,4)5)15-10-8-9-14(2)12-15/h8-10,12,18,22H,7,11,13H2,1-6H3/t18-,21?/m0/s1. The zero-order valence-corrected chi connectivity index (χ0v) is 15.8. The van der Waals surface area contributed by atoms with Gasteiger partial charge < -0.3 is 9.84 Å². The van der Waals surface area contributed by atoms with Gasteiger partial charge in [0.15, 0.2) is 0 Å². The Morgan fingerprint density at radius 2 is 2.00 bits per heavy atom. The maximum absolute atomic E-state index is 12.8. The largest absolute Gasteiger partial charge is 0.512 e. The Kier molecular flexibility index (Phi) is 5.12. The van der Waals surface area contributed by atoms with E-state index in [1.807, 2.05) is 32.0 Å². The normalized spacial score (nSPS) is 23.2. The molecule has 0 bridgehead atoms. The highest BCUT2D eigenvalue weighted by Gasteiger charge is 2.43. The summed E-state index contributed by atoms with van der Waals surface area (Å²) in [6, 6.07) is 8.14. The number of aliphatic hydroxyl groups excluding tert-OH is 1. The van der Waals surface area contributed by atoms with E-state index < -0.39 is 5.60 Å². The molecule has 1 unspecified atom stereocenters. The maximum atomic E-state index is 12.8. The van der Waals surface area contributed by atoms with E-state index >= 15 is 0 Å². The Labute approximate surface area is 145 Å². The molecule has 2 rings (SSSR count). The van der Waals surface area contributed by atoms with Gasteiger partial charge in [-0.25, -0.2) is 4.79 Å². The summed E-state index contributed by atoms with van der Waals surface area (Å²) in [7, 11) is 0. The molecule has 0 saturated carbocycles. The van der Waals surface area contributed by atoms with Crippen LogP contribution in [-0.2, 0) is 9.53 Å². The number of hydrogen-bond acceptors (Lipinski definition) is 3. The molecule has 0 aliphatic carbocycles. The number of aryl methyl sites for hydroxylation is 1. The van der Waals surface area contributed by atoms with Gasteiger partial charge >= 0.3 is 5.97 Å². The molecule has 0 aromatic heterocycles. The summed E-state index contributed by atoms with van der Waals surface area (Å²) in [4.78, 5) is 12.8. The lowest BCUT2D eigenvalue weighted by molar-refractivity contribution is -0.158. The van der Waals surface area contributed by atoms with Gasteiger partial charge in [0.25, 0.3) is 0 Å². The highest BCUT2D eigenvalue weighted by molar-refractivity contribution is 5.92. The third-order valence-corrected chi connectivity index (χ3v) is 4.72. The van der Waals surface area contributed by atoms with E-state index in [-0.39, 0.29) is 23.1 Å². The lowest BCUT2D eigenvalue weighted by atomic mass is 9.70. The summed E-state index contributed by atoms with van der Waals surface area (Å²) in [6.07, 6.45) is 2.05. The SMILES string of the molecule is CCCC1(C)CC(O)=C([C@H](c2cccc(C)c2)C(C)(C)C)C(=O)O1. The van der Waals surface area contributed by atoms with Gasteiger partial charge in [0.1, 0.15) is 11.4 Å². The first-order valence-corrected chi connectivity index (χ1v) is 8.79. The number of rotatable bonds is 4. The van der Waals surface area contributed by atoms with Crippen LogP contribution in [0, 0.1) is 12.3 Å². The molecule has 1 N–H and O–H groups in total. The van der Waals surface area contributed by atoms with Crippen LogP contribution in [0.2, 0.25) is 0 Å². The molecule has 0 spiro atoms. The third-order valence-electron chi connectivity index (χ3n) is 4.72. The van der Waals surface area contributed by atoms with Crippen molar-refractivity contribution in [2.45, 2.75) is 72.3 Å². The summed E-state index contributed by atoms with van der Waals surface area (Å²) in [5, 5.41) is 10.7. The molecule has 3 heteroatoms. The van der Waals surface area contributed by atoms with Crippen molar-refractivity contribution in [3.63, 3.8) is 0 Å². The first-order chi connectivity index (χ1) is 11.1. The van der Waals surface area contributed by atoms with E-state index in [0.717, 1.165) is 24.0 Å². The predicted octanol–water partition coefficient (Wildman–Crippen LogP) is 5.44. The van der Waals surface area contributed by atoms with Crippen molar-refractivity contribution >= 4 is 5.97 Å². The summed E-state index contributed by atoms with van der Waals surface area (Å²) in [6.45, 7) is 12.3. The molecule has 3 nitrogen and oxygen atoms in total. The topological polar surface area (TPSA) is 46.5 Å². The van der Waals surface area contributed by atoms with Crippen LogP contribution in [-0.4, -0.2) is 16.7 Å². The smallest absolute Gasteiger partial charge is 0.338 e. The summed E-state index contributed by atoms with van der Waals surface area (Å²) < 4.78 is 5.77. The average molecular weight is 330 g/mol. The summed E-state index contributed by atoms with van der Waals surface area (Å²) in [5.41, 5.74) is 1.78. The Hall–Kier alpha value is -1.77. The highest BCUT2D eigenvalue weighted by atomic mass is 16.6. The molecule has 2 atom stereocenters. The Balaban J connectivity index is 2.53. The van der Waals surface area contributed by atoms with E-state index in [4.69, 9.17) is 4.74 Å². The molecule has 0 saturated heterocycles. The second-order valence-corrected chi connectivity index (χ2v) is 8.34. The fraction of sp³-hybridized carbons (Fsp3) is 0.571. The third kappa shape index (κ3) is 3.82. The molecule has 0 fully saturated rings. The maximum Gasteiger partial charge on any atom is 0.338 e. The Morgan fingerprint density at radius 3 is 2.50 bits per heavy atom. The molecule has 0 amide bonds. The minimum atomic E-state index is -0.603. The van der Waals surface area contributed by atoms with Crippen LogP contribution >= 0.6 is 0 Å². The van der Waals surface area contributed by atoms with Crippen LogP contribution in [0.25, 0.3) is 0 Å². The lowest BCUT2D eigenvalue weighted by Gasteiger charge is -2.39. The van der Waals surface area contributed by atoms with Gasteiger partial charge in [0.2, 0.25) is 0 Å². The van der Waals surface area contributed by atoms with Crippen LogP contribution in [0.3, 0.4) is 0 Å². The Bertz CT molecular complexity index is 651. The number of benzene rings is 1. The number of ether oxygens (including phenoxy) is 1. The number of hydrogen-bond donors (Lipinski definition) is 1. The number of cyclic esters (lactones) is 1. The van der Waals surface area contributed by atoms with Crippen molar-refractivity contribution in [3.8, 4) is 0 Å². The van der Waals surface area contributed by atoms with Crippen molar-refractivity contribution in [3.05, 3.63) is 46.7 Å². The van der Waals surface area contributed by atoms with E-state index in [2.05, 4.69) is 33.8 Å². The molecule has 0 radical (unpaired) electrons. The van der Waals surface area contributed by atoms with Crippen molar-refractivity contribution in [2.75, 3.05) is 0 Å². The van der Waals surface area contributed by atoms with Gasteiger partial charge in [-0.15, -0.1) is 0 Å². The van der Waals surface area contributed by atoms with E-state index in [9.17, 15) is 9.90 Å². The predicted molar refractivity (Wildman–Crippen MR) is 97.1 cm³/mol. The van der Waals surface area contributed by atoms with Crippen LogP contribution in [0.5, 0.6) is 0 Å². The molecule has 1 aromatic carbocycles. The molecular weight excluding hydrogens is 300 g/mol. The van der Waals surface area contributed by atoms with Crippen LogP contribution in [0.1, 0.15) is 70.9 Å². The molecule has 1 aliphatic rings. The molecule has 132 valence electrons. The number of aliphatic hydroxyl groups is 1. The second kappa shape index (κ2) is 6.62. The molecule has 1 aromatic rings. The molecule has 24 heavy (non-hydrogen) atoms. The number of carbonyl (C=O) groups is 1. The fourth-order valence-corrected chi connectivity index (χ4v) is 3.78. The summed E-state index contributed by atoms with van der Waals surface area (Å²) >= 11 is 0. The minimum absolute atomic E-state index is 0.184. The van der Waals surface area contributed by atoms with Gasteiger partial charge in [-0.2, -0.15) is 0 Å². The first kappa shape index (κ1) is 18.6. The zero-order valence-electron chi connectivity index (χ0n) is 15.8. The van der Waals surface area contributed by atoms with Gasteiger partial charge in [-0.1, -0.05) is 63.9 Å². The molecule has 1 aliphatic heterocycles. The average Bonchev–Trinajstić information content (AvgIpc) is 2.41. The summed E-state index contributed by atoms with van der Waals surface area (Å²) in [5.74, 6) is -0.393. The van der Waals surface area contributed by atoms with Crippen molar-refractivity contribution in [1.82, 2.24) is 0 Å². The number of carbonyl (C=O) groups excluding carboxylic acids is 1. The van der Waals surface area contributed by atoms with E-state index in [1.54, 1.807) is 0 Å². The van der Waals surface area contributed by atoms with Crippen LogP contribution in [0.4, 0.5) is 0 Å². The van der Waals surface area contributed by atoms with E-state index in [0.29, 0.717) is 12.0 Å². The van der Waals surface area contributed by atoms with E-state index in [1.165, 1.54) is 0 Å². The van der Waals surface area contributed by atoms with Gasteiger partial charge in [0.05, 0.1) is 5.57 Å². The lowest BCUT2D eigenvalue weighted by Crippen LogP contribution is -2.40. The van der Waals surface area contributed by atoms with Crippen LogP contribution in [0.15, 0.2) is 35.6 Å². The van der Waals surface area contributed by atoms with Gasteiger partial charge in [0, 0.05) is 12.3 Å². The second-order valence-electron chi connectivity index (χ2n) is 8.34. The fourth-order valence-electron chi connectivity index (χ4n) is 3.78. The zero-order chi connectivity index (χ0) is 18.1. The number of esters is 1. The van der Waals surface area contributed by atoms with Crippen molar-refractivity contribution in [2.24, 2.45) is 5.41 Å². The quantitative estimate of drug-likeness (QED) is 0.747. The van der Waals surface area contributed by atoms with Crippen LogP contribution < -0.4 is 0 Å². The van der Waals surface area contributed by atoms with Gasteiger partial charge in [-0.3, -0.25) is 0 Å². The van der Waals surface area contributed by atoms with Crippen molar-refractivity contribution < 1.29 is 14.6 Å². The molecular formula is C21H30O3. The first-order valence-electron chi connectivity index (χ1n) is 8.79. The monoisotopic (exact) mass is 330 g/mol. The van der Waals surface area contributed by atoms with Crippen molar-refractivity contribution in [1.29, 1.82) is 0 Å². The minimum Gasteiger partial charge on any atom is -0.512 e. The highest BCUT2D eigenvalue weighted by Crippen LogP contribution is 2.46. The Morgan fingerprint density at radius 1 is 1.33 bits per heavy atom. The van der Waals surface area contributed by atoms with Gasteiger partial charge in [-0.05, 0) is 31.2 Å².